The first-order valence-corrected chi connectivity index (χ1v) is 5.54. The highest BCUT2D eigenvalue weighted by atomic mass is 15.3. The van der Waals surface area contributed by atoms with Crippen molar-refractivity contribution in [2.45, 2.75) is 0 Å². The molecule has 1 saturated heterocycles. The lowest BCUT2D eigenvalue weighted by Gasteiger charge is -2.34. The maximum Gasteiger partial charge on any atom is 0.129 e. The smallest absolute Gasteiger partial charge is 0.129 e. The van der Waals surface area contributed by atoms with E-state index in [2.05, 4.69) is 26.9 Å². The van der Waals surface area contributed by atoms with Crippen LogP contribution in [0, 0.1) is 22.7 Å². The molecule has 0 bridgehead atoms. The van der Waals surface area contributed by atoms with E-state index >= 15 is 0 Å². The summed E-state index contributed by atoms with van der Waals surface area (Å²) in [5.41, 5.74) is 0.634. The van der Waals surface area contributed by atoms with Crippen molar-refractivity contribution in [2.24, 2.45) is 0 Å². The van der Waals surface area contributed by atoms with Crippen LogP contribution in [0.5, 0.6) is 0 Å². The van der Waals surface area contributed by atoms with Gasteiger partial charge in [-0.05, 0) is 12.1 Å². The van der Waals surface area contributed by atoms with Crippen LogP contribution < -0.4 is 4.90 Å². The van der Waals surface area contributed by atoms with Crippen LogP contribution in [0.15, 0.2) is 18.3 Å². The molecule has 17 heavy (non-hydrogen) atoms. The highest BCUT2D eigenvalue weighted by molar-refractivity contribution is 5.45. The van der Waals surface area contributed by atoms with Crippen molar-refractivity contribution in [3.8, 4) is 12.1 Å². The monoisotopic (exact) mass is 227 g/mol. The van der Waals surface area contributed by atoms with Gasteiger partial charge in [-0.3, -0.25) is 4.90 Å². The van der Waals surface area contributed by atoms with Gasteiger partial charge in [0.05, 0.1) is 24.2 Å². The zero-order valence-electron chi connectivity index (χ0n) is 9.50. The summed E-state index contributed by atoms with van der Waals surface area (Å²) in [5.74, 6) is 0.848. The number of aromatic nitrogens is 1. The number of nitriles is 2. The van der Waals surface area contributed by atoms with Gasteiger partial charge in [0.2, 0.25) is 0 Å². The second kappa shape index (κ2) is 5.29. The van der Waals surface area contributed by atoms with Crippen LogP contribution in [-0.4, -0.2) is 42.6 Å². The molecule has 2 rings (SSSR count). The Hall–Kier alpha value is -2.11. The van der Waals surface area contributed by atoms with Gasteiger partial charge >= 0.3 is 0 Å². The normalized spacial score (nSPS) is 16.2. The quantitative estimate of drug-likeness (QED) is 0.692. The van der Waals surface area contributed by atoms with Gasteiger partial charge < -0.3 is 4.90 Å². The van der Waals surface area contributed by atoms with Gasteiger partial charge in [0, 0.05) is 32.4 Å². The van der Waals surface area contributed by atoms with Crippen molar-refractivity contribution in [1.29, 1.82) is 10.5 Å². The maximum atomic E-state index is 8.83. The van der Waals surface area contributed by atoms with E-state index in [-0.39, 0.29) is 0 Å². The average Bonchev–Trinajstić information content (AvgIpc) is 2.40. The molecule has 0 aromatic carbocycles. The molecule has 0 N–H and O–H groups in total. The lowest BCUT2D eigenvalue weighted by molar-refractivity contribution is 0.286. The summed E-state index contributed by atoms with van der Waals surface area (Å²) < 4.78 is 0. The molecule has 0 saturated carbocycles. The fraction of sp³-hybridized carbons (Fsp3) is 0.417. The van der Waals surface area contributed by atoms with Crippen LogP contribution in [0.2, 0.25) is 0 Å². The molecular formula is C12H13N5. The van der Waals surface area contributed by atoms with Crippen LogP contribution in [0.4, 0.5) is 5.82 Å². The number of anilines is 1. The van der Waals surface area contributed by atoms with E-state index in [0.29, 0.717) is 12.1 Å². The Kier molecular flexibility index (Phi) is 3.54. The molecule has 1 fully saturated rings. The number of rotatable bonds is 2. The third-order valence-corrected chi connectivity index (χ3v) is 2.87. The maximum absolute atomic E-state index is 8.83. The molecule has 0 spiro atoms. The van der Waals surface area contributed by atoms with Gasteiger partial charge in [-0.2, -0.15) is 10.5 Å². The van der Waals surface area contributed by atoms with E-state index in [0.717, 1.165) is 32.0 Å². The molecule has 1 aliphatic heterocycles. The number of pyridine rings is 1. The van der Waals surface area contributed by atoms with Crippen LogP contribution in [-0.2, 0) is 0 Å². The second-order valence-corrected chi connectivity index (χ2v) is 3.94. The van der Waals surface area contributed by atoms with Crippen LogP contribution >= 0.6 is 0 Å². The number of nitrogens with zero attached hydrogens (tertiary/aromatic N) is 5. The van der Waals surface area contributed by atoms with Gasteiger partial charge in [-0.15, -0.1) is 0 Å². The fourth-order valence-corrected chi connectivity index (χ4v) is 1.90. The Morgan fingerprint density at radius 1 is 1.24 bits per heavy atom. The standard InChI is InChI=1S/C12H13N5/c13-2-4-16-5-7-17(8-6-16)12-9-11(10-14)1-3-15-12/h1,3,9H,4-8H2. The highest BCUT2D eigenvalue weighted by Gasteiger charge is 2.17. The van der Waals surface area contributed by atoms with Crippen molar-refractivity contribution >= 4 is 5.82 Å². The summed E-state index contributed by atoms with van der Waals surface area (Å²) in [7, 11) is 0. The van der Waals surface area contributed by atoms with E-state index in [1.807, 2.05) is 0 Å². The summed E-state index contributed by atoms with van der Waals surface area (Å²) in [4.78, 5) is 8.54. The third-order valence-electron chi connectivity index (χ3n) is 2.87. The molecule has 1 aliphatic rings. The zero-order valence-corrected chi connectivity index (χ0v) is 9.50. The second-order valence-electron chi connectivity index (χ2n) is 3.94. The summed E-state index contributed by atoms with van der Waals surface area (Å²) in [5, 5.41) is 17.4. The van der Waals surface area contributed by atoms with Crippen LogP contribution in [0.25, 0.3) is 0 Å². The predicted molar refractivity (Wildman–Crippen MR) is 63.2 cm³/mol. The molecule has 0 unspecified atom stereocenters. The molecule has 5 nitrogen and oxygen atoms in total. The summed E-state index contributed by atoms with van der Waals surface area (Å²) in [6, 6.07) is 7.78. The molecular weight excluding hydrogens is 214 g/mol. The average molecular weight is 227 g/mol. The lowest BCUT2D eigenvalue weighted by Crippen LogP contribution is -2.46. The Bertz CT molecular complexity index is 463. The molecule has 0 radical (unpaired) electrons. The van der Waals surface area contributed by atoms with Gasteiger partial charge in [-0.25, -0.2) is 4.98 Å². The van der Waals surface area contributed by atoms with Crippen molar-refractivity contribution in [3.05, 3.63) is 23.9 Å². The van der Waals surface area contributed by atoms with Crippen molar-refractivity contribution in [3.63, 3.8) is 0 Å². The van der Waals surface area contributed by atoms with E-state index in [9.17, 15) is 0 Å². The van der Waals surface area contributed by atoms with Gasteiger partial charge in [-0.1, -0.05) is 0 Å². The van der Waals surface area contributed by atoms with Gasteiger partial charge in [0.25, 0.3) is 0 Å². The molecule has 0 amide bonds. The highest BCUT2D eigenvalue weighted by Crippen LogP contribution is 2.14. The molecule has 86 valence electrons. The first kappa shape index (κ1) is 11.4. The minimum absolute atomic E-state index is 0.486. The molecule has 5 heteroatoms. The molecule has 2 heterocycles. The Balaban J connectivity index is 2.01. The van der Waals surface area contributed by atoms with Gasteiger partial charge in [0.1, 0.15) is 5.82 Å². The topological polar surface area (TPSA) is 67.0 Å². The van der Waals surface area contributed by atoms with E-state index in [4.69, 9.17) is 10.5 Å². The molecule has 0 aliphatic carbocycles. The number of hydrogen-bond donors (Lipinski definition) is 0. The SMILES string of the molecule is N#CCN1CCN(c2cc(C#N)ccn2)CC1. The lowest BCUT2D eigenvalue weighted by atomic mass is 10.2. The Labute approximate surface area is 101 Å². The Morgan fingerprint density at radius 3 is 2.65 bits per heavy atom. The number of piperazine rings is 1. The first-order valence-electron chi connectivity index (χ1n) is 5.54. The summed E-state index contributed by atoms with van der Waals surface area (Å²) in [6.45, 7) is 3.92. The van der Waals surface area contributed by atoms with Crippen molar-refractivity contribution in [2.75, 3.05) is 37.6 Å². The minimum Gasteiger partial charge on any atom is -0.354 e. The van der Waals surface area contributed by atoms with E-state index < -0.39 is 0 Å². The van der Waals surface area contributed by atoms with Crippen molar-refractivity contribution < 1.29 is 0 Å². The Morgan fingerprint density at radius 2 is 2.00 bits per heavy atom. The third kappa shape index (κ3) is 2.72. The van der Waals surface area contributed by atoms with Gasteiger partial charge in [0.15, 0.2) is 0 Å². The fourth-order valence-electron chi connectivity index (χ4n) is 1.90. The molecule has 1 aromatic heterocycles. The zero-order chi connectivity index (χ0) is 12.1. The van der Waals surface area contributed by atoms with E-state index in [1.165, 1.54) is 0 Å². The van der Waals surface area contributed by atoms with E-state index in [1.54, 1.807) is 18.3 Å². The van der Waals surface area contributed by atoms with Crippen LogP contribution in [0.1, 0.15) is 5.56 Å². The largest absolute Gasteiger partial charge is 0.354 e. The first-order chi connectivity index (χ1) is 8.33. The summed E-state index contributed by atoms with van der Waals surface area (Å²) in [6.07, 6.45) is 1.66. The number of hydrogen-bond acceptors (Lipinski definition) is 5. The minimum atomic E-state index is 0.486. The molecule has 0 atom stereocenters. The molecule has 1 aromatic rings. The van der Waals surface area contributed by atoms with Crippen LogP contribution in [0.3, 0.4) is 0 Å². The van der Waals surface area contributed by atoms with Crippen molar-refractivity contribution in [1.82, 2.24) is 9.88 Å². The predicted octanol–water partition coefficient (Wildman–Crippen LogP) is 0.599. The summed E-state index contributed by atoms with van der Waals surface area (Å²) >= 11 is 0.